The van der Waals surface area contributed by atoms with E-state index < -0.39 is 18.4 Å². The average molecular weight is 377 g/mol. The van der Waals surface area contributed by atoms with E-state index in [1.54, 1.807) is 24.3 Å². The molecule has 0 heterocycles. The minimum absolute atomic E-state index is 0.000908. The average Bonchev–Trinajstić information content (AvgIpc) is 3.22. The van der Waals surface area contributed by atoms with Crippen LogP contribution in [0.4, 0.5) is 0 Å². The molecule has 4 rings (SSSR count). The van der Waals surface area contributed by atoms with Gasteiger partial charge in [-0.2, -0.15) is 0 Å². The highest BCUT2D eigenvalue weighted by atomic mass is 16.5. The van der Waals surface area contributed by atoms with E-state index in [9.17, 15) is 19.2 Å². The van der Waals surface area contributed by atoms with Crippen molar-refractivity contribution in [3.63, 3.8) is 0 Å². The molecule has 0 saturated heterocycles. The summed E-state index contributed by atoms with van der Waals surface area (Å²) in [5.41, 5.74) is 0.792. The summed E-state index contributed by atoms with van der Waals surface area (Å²) in [5, 5.41) is 2.84. The Labute approximate surface area is 161 Å². The van der Waals surface area contributed by atoms with Crippen molar-refractivity contribution in [2.45, 2.75) is 31.7 Å². The maximum atomic E-state index is 12.9. The number of carbonyl (C=O) groups excluding carboxylic acids is 4. The lowest BCUT2D eigenvalue weighted by molar-refractivity contribution is -0.124. The number of fused-ring (bicyclic) bond motifs is 2. The molecule has 1 amide bonds. The van der Waals surface area contributed by atoms with Crippen LogP contribution < -0.4 is 5.32 Å². The number of carbonyl (C=O) groups is 4. The van der Waals surface area contributed by atoms with Gasteiger partial charge in [0, 0.05) is 28.3 Å². The lowest BCUT2D eigenvalue weighted by atomic mass is 9.82. The standard InChI is InChI=1S/C22H19NO5/c24-18(23-13-6-1-2-7-13)12-28-22(27)17-11-5-10-16-19(17)21(26)15-9-4-3-8-14(15)20(16)25/h3-5,8-11,13H,1-2,6-7,12H2,(H,23,24). The van der Waals surface area contributed by atoms with Gasteiger partial charge in [0.05, 0.1) is 5.56 Å². The van der Waals surface area contributed by atoms with Gasteiger partial charge < -0.3 is 10.1 Å². The molecule has 6 heteroatoms. The van der Waals surface area contributed by atoms with Crippen LogP contribution in [-0.4, -0.2) is 36.1 Å². The van der Waals surface area contributed by atoms with Crippen molar-refractivity contribution in [2.75, 3.05) is 6.61 Å². The molecule has 2 aliphatic rings. The first-order chi connectivity index (χ1) is 13.6. The van der Waals surface area contributed by atoms with Gasteiger partial charge in [-0.3, -0.25) is 14.4 Å². The van der Waals surface area contributed by atoms with Gasteiger partial charge in [-0.25, -0.2) is 4.79 Å². The highest BCUT2D eigenvalue weighted by Gasteiger charge is 2.33. The molecule has 2 aliphatic carbocycles. The third kappa shape index (κ3) is 3.22. The molecule has 2 aromatic carbocycles. The summed E-state index contributed by atoms with van der Waals surface area (Å²) in [7, 11) is 0. The van der Waals surface area contributed by atoms with E-state index in [1.165, 1.54) is 18.2 Å². The Bertz CT molecular complexity index is 988. The molecule has 0 spiro atoms. The molecule has 1 N–H and O–H groups in total. The van der Waals surface area contributed by atoms with Crippen LogP contribution in [0.15, 0.2) is 42.5 Å². The second-order valence-corrected chi connectivity index (χ2v) is 7.06. The Morgan fingerprint density at radius 1 is 0.893 bits per heavy atom. The molecule has 0 aromatic heterocycles. The van der Waals surface area contributed by atoms with E-state index in [-0.39, 0.29) is 40.0 Å². The van der Waals surface area contributed by atoms with E-state index in [0.29, 0.717) is 5.56 Å². The fourth-order valence-electron chi connectivity index (χ4n) is 3.86. The lowest BCUT2D eigenvalue weighted by Gasteiger charge is -2.19. The quantitative estimate of drug-likeness (QED) is 0.706. The third-order valence-corrected chi connectivity index (χ3v) is 5.23. The van der Waals surface area contributed by atoms with Crippen molar-refractivity contribution in [1.29, 1.82) is 0 Å². The zero-order chi connectivity index (χ0) is 19.7. The monoisotopic (exact) mass is 377 g/mol. The number of hydrogen-bond acceptors (Lipinski definition) is 5. The normalized spacial score (nSPS) is 15.7. The van der Waals surface area contributed by atoms with Gasteiger partial charge in [-0.1, -0.05) is 49.2 Å². The number of benzene rings is 2. The largest absolute Gasteiger partial charge is 0.452 e. The molecular weight excluding hydrogens is 358 g/mol. The second-order valence-electron chi connectivity index (χ2n) is 7.06. The molecule has 142 valence electrons. The van der Waals surface area contributed by atoms with Gasteiger partial charge in [-0.15, -0.1) is 0 Å². The van der Waals surface area contributed by atoms with Gasteiger partial charge in [0.1, 0.15) is 0 Å². The predicted molar refractivity (Wildman–Crippen MR) is 100 cm³/mol. The van der Waals surface area contributed by atoms with Crippen molar-refractivity contribution in [3.05, 3.63) is 70.3 Å². The number of rotatable bonds is 4. The highest BCUT2D eigenvalue weighted by molar-refractivity contribution is 6.30. The Hall–Kier alpha value is -3.28. The number of amides is 1. The van der Waals surface area contributed by atoms with Gasteiger partial charge in [-0.05, 0) is 18.9 Å². The van der Waals surface area contributed by atoms with Crippen LogP contribution in [0.3, 0.4) is 0 Å². The van der Waals surface area contributed by atoms with Gasteiger partial charge in [0.25, 0.3) is 5.91 Å². The van der Waals surface area contributed by atoms with Crippen molar-refractivity contribution >= 4 is 23.4 Å². The highest BCUT2D eigenvalue weighted by Crippen LogP contribution is 2.29. The van der Waals surface area contributed by atoms with Crippen LogP contribution in [0, 0.1) is 0 Å². The zero-order valence-corrected chi connectivity index (χ0v) is 15.2. The molecule has 0 aliphatic heterocycles. The number of nitrogens with one attached hydrogen (secondary N) is 1. The van der Waals surface area contributed by atoms with Gasteiger partial charge in [0.2, 0.25) is 0 Å². The molecule has 2 aromatic rings. The summed E-state index contributed by atoms with van der Waals surface area (Å²) in [6, 6.07) is 11.1. The maximum absolute atomic E-state index is 12.9. The molecule has 1 fully saturated rings. The Balaban J connectivity index is 1.54. The molecule has 28 heavy (non-hydrogen) atoms. The SMILES string of the molecule is O=C(COC(=O)c1cccc2c1C(=O)c1ccccc1C2=O)NC1CCCC1. The molecule has 1 saturated carbocycles. The second kappa shape index (κ2) is 7.38. The van der Waals surface area contributed by atoms with E-state index in [4.69, 9.17) is 4.74 Å². The van der Waals surface area contributed by atoms with Crippen LogP contribution in [0.5, 0.6) is 0 Å². The van der Waals surface area contributed by atoms with Crippen LogP contribution in [0.2, 0.25) is 0 Å². The summed E-state index contributed by atoms with van der Waals surface area (Å²) in [6.07, 6.45) is 4.03. The topological polar surface area (TPSA) is 89.5 Å². The first-order valence-electron chi connectivity index (χ1n) is 9.34. The molecule has 0 atom stereocenters. The smallest absolute Gasteiger partial charge is 0.339 e. The Morgan fingerprint density at radius 3 is 2.25 bits per heavy atom. The van der Waals surface area contributed by atoms with Crippen LogP contribution >= 0.6 is 0 Å². The van der Waals surface area contributed by atoms with Crippen LogP contribution in [0.25, 0.3) is 0 Å². The Kier molecular flexibility index (Phi) is 4.77. The summed E-state index contributed by atoms with van der Waals surface area (Å²) >= 11 is 0. The number of ketones is 2. The predicted octanol–water partition coefficient (Wildman–Crippen LogP) is 2.68. The van der Waals surface area contributed by atoms with Crippen LogP contribution in [-0.2, 0) is 9.53 Å². The van der Waals surface area contributed by atoms with Gasteiger partial charge >= 0.3 is 5.97 Å². The van der Waals surface area contributed by atoms with Crippen molar-refractivity contribution in [3.8, 4) is 0 Å². The summed E-state index contributed by atoms with van der Waals surface area (Å²) in [6.45, 7) is -0.419. The van der Waals surface area contributed by atoms with E-state index in [2.05, 4.69) is 5.32 Å². The summed E-state index contributed by atoms with van der Waals surface area (Å²) < 4.78 is 5.12. The minimum Gasteiger partial charge on any atom is -0.452 e. The van der Waals surface area contributed by atoms with Crippen LogP contribution in [0.1, 0.15) is 67.9 Å². The lowest BCUT2D eigenvalue weighted by Crippen LogP contribution is -2.36. The first-order valence-corrected chi connectivity index (χ1v) is 9.34. The first kappa shape index (κ1) is 18.1. The maximum Gasteiger partial charge on any atom is 0.339 e. The van der Waals surface area contributed by atoms with Crippen molar-refractivity contribution in [1.82, 2.24) is 5.32 Å². The molecule has 0 bridgehead atoms. The van der Waals surface area contributed by atoms with Crippen molar-refractivity contribution in [2.24, 2.45) is 0 Å². The Morgan fingerprint density at radius 2 is 1.54 bits per heavy atom. The molecule has 0 radical (unpaired) electrons. The third-order valence-electron chi connectivity index (χ3n) is 5.23. The zero-order valence-electron chi connectivity index (χ0n) is 15.2. The molecular formula is C22H19NO5. The summed E-state index contributed by atoms with van der Waals surface area (Å²) in [4.78, 5) is 50.2. The summed E-state index contributed by atoms with van der Waals surface area (Å²) in [5.74, 6) is -1.86. The minimum atomic E-state index is -0.793. The number of hydrogen-bond donors (Lipinski definition) is 1. The van der Waals surface area contributed by atoms with E-state index in [0.717, 1.165) is 25.7 Å². The number of esters is 1. The van der Waals surface area contributed by atoms with Gasteiger partial charge in [0.15, 0.2) is 18.2 Å². The number of ether oxygens (including phenoxy) is 1. The molecule has 6 nitrogen and oxygen atoms in total. The fourth-order valence-corrected chi connectivity index (χ4v) is 3.86. The van der Waals surface area contributed by atoms with E-state index in [1.807, 2.05) is 0 Å². The fraction of sp³-hybridized carbons (Fsp3) is 0.273. The van der Waals surface area contributed by atoms with Crippen molar-refractivity contribution < 1.29 is 23.9 Å². The molecule has 0 unspecified atom stereocenters. The van der Waals surface area contributed by atoms with E-state index >= 15 is 0 Å².